The van der Waals surface area contributed by atoms with Gasteiger partial charge in [0.15, 0.2) is 11.5 Å². The number of amides is 1. The average Bonchev–Trinajstić information content (AvgIpc) is 3.29. The van der Waals surface area contributed by atoms with E-state index >= 15 is 0 Å². The molecule has 3 heterocycles. The normalized spacial score (nSPS) is 18.2. The monoisotopic (exact) mass is 424 g/mol. The Hall–Kier alpha value is -2.89. The smallest absolute Gasteiger partial charge is 0.296 e. The Morgan fingerprint density at radius 2 is 2.17 bits per heavy atom. The Bertz CT molecular complexity index is 920. The number of fused-ring (bicyclic) bond motifs is 1. The van der Waals surface area contributed by atoms with Crippen molar-refractivity contribution in [1.29, 1.82) is 0 Å². The third-order valence-electron chi connectivity index (χ3n) is 4.82. The van der Waals surface area contributed by atoms with Crippen molar-refractivity contribution < 1.29 is 19.2 Å². The van der Waals surface area contributed by atoms with Gasteiger partial charge in [-0.3, -0.25) is 19.8 Å². The van der Waals surface area contributed by atoms with Crippen molar-refractivity contribution in [3.8, 4) is 11.5 Å². The van der Waals surface area contributed by atoms with E-state index in [4.69, 9.17) is 9.47 Å². The lowest BCUT2D eigenvalue weighted by Crippen LogP contribution is -2.49. The van der Waals surface area contributed by atoms with E-state index < -0.39 is 4.92 Å². The highest BCUT2D eigenvalue weighted by Gasteiger charge is 2.29. The molecule has 1 aromatic heterocycles. The van der Waals surface area contributed by atoms with Crippen LogP contribution in [0.15, 0.2) is 24.5 Å². The first-order valence-electron chi connectivity index (χ1n) is 8.83. The molecule has 4 rings (SSSR count). The van der Waals surface area contributed by atoms with E-state index in [1.807, 2.05) is 22.7 Å². The van der Waals surface area contributed by atoms with Crippen LogP contribution in [0.3, 0.4) is 0 Å². The van der Waals surface area contributed by atoms with E-state index in [0.717, 1.165) is 12.4 Å². The number of halogens is 1. The number of nitro groups is 1. The number of imidazole rings is 1. The average molecular weight is 425 g/mol. The van der Waals surface area contributed by atoms with Gasteiger partial charge in [-0.1, -0.05) is 0 Å². The fourth-order valence-electron chi connectivity index (χ4n) is 3.45. The fraction of sp³-hybridized carbons (Fsp3) is 0.412. The Morgan fingerprint density at radius 3 is 2.86 bits per heavy atom. The highest BCUT2D eigenvalue weighted by atomic mass is 35.5. The fourth-order valence-corrected chi connectivity index (χ4v) is 3.45. The van der Waals surface area contributed by atoms with Crippen molar-refractivity contribution >= 4 is 29.7 Å². The summed E-state index contributed by atoms with van der Waals surface area (Å²) in [6, 6.07) is 2.62. The molecule has 0 bridgehead atoms. The first-order chi connectivity index (χ1) is 13.5. The molecular weight excluding hydrogens is 404 g/mol. The van der Waals surface area contributed by atoms with Crippen LogP contribution >= 0.6 is 12.4 Å². The summed E-state index contributed by atoms with van der Waals surface area (Å²) in [5.41, 5.74) is -0.151. The lowest BCUT2D eigenvalue weighted by Gasteiger charge is -2.35. The maximum Gasteiger partial charge on any atom is 0.296 e. The second-order valence-corrected chi connectivity index (χ2v) is 6.61. The van der Waals surface area contributed by atoms with Gasteiger partial charge in [0, 0.05) is 45.1 Å². The van der Waals surface area contributed by atoms with Crippen LogP contribution in [0.5, 0.6) is 11.5 Å². The largest absolute Gasteiger partial charge is 0.454 e. The zero-order chi connectivity index (χ0) is 19.7. The Labute approximate surface area is 172 Å². The van der Waals surface area contributed by atoms with Crippen LogP contribution in [-0.2, 0) is 11.8 Å². The molecule has 29 heavy (non-hydrogen) atoms. The molecule has 0 aliphatic carbocycles. The van der Waals surface area contributed by atoms with Gasteiger partial charge in [-0.2, -0.15) is 0 Å². The van der Waals surface area contributed by atoms with Crippen molar-refractivity contribution in [1.82, 2.24) is 19.8 Å². The Morgan fingerprint density at radius 1 is 1.41 bits per heavy atom. The van der Waals surface area contributed by atoms with Crippen LogP contribution in [0, 0.1) is 10.1 Å². The van der Waals surface area contributed by atoms with Gasteiger partial charge in [0.25, 0.3) is 5.69 Å². The zero-order valence-corrected chi connectivity index (χ0v) is 16.5. The lowest BCUT2D eigenvalue weighted by molar-refractivity contribution is -0.384. The highest BCUT2D eigenvalue weighted by Crippen LogP contribution is 2.40. The zero-order valence-electron chi connectivity index (χ0n) is 15.7. The molecule has 11 nitrogen and oxygen atoms in total. The third-order valence-corrected chi connectivity index (χ3v) is 4.82. The highest BCUT2D eigenvalue weighted by molar-refractivity contribution is 5.95. The molecule has 2 aliphatic heterocycles. The predicted molar refractivity (Wildman–Crippen MR) is 105 cm³/mol. The molecule has 2 aliphatic rings. The number of piperazine rings is 1. The van der Waals surface area contributed by atoms with E-state index in [9.17, 15) is 14.9 Å². The second kappa shape index (κ2) is 8.64. The Balaban J connectivity index is 0.00000240. The summed E-state index contributed by atoms with van der Waals surface area (Å²) in [7, 11) is 1.91. The summed E-state index contributed by atoms with van der Waals surface area (Å²) in [5, 5.41) is 17.3. The number of rotatable bonds is 5. The van der Waals surface area contributed by atoms with Crippen molar-refractivity contribution in [3.05, 3.63) is 40.5 Å². The minimum absolute atomic E-state index is 0. The number of nitrogens with one attached hydrogen (secondary N) is 2. The van der Waals surface area contributed by atoms with Crippen molar-refractivity contribution in [2.24, 2.45) is 7.05 Å². The van der Waals surface area contributed by atoms with Crippen LogP contribution in [0.25, 0.3) is 0 Å². The molecule has 0 radical (unpaired) electrons. The molecule has 0 saturated carbocycles. The molecule has 1 unspecified atom stereocenters. The quantitative estimate of drug-likeness (QED) is 0.539. The summed E-state index contributed by atoms with van der Waals surface area (Å²) < 4.78 is 12.4. The molecule has 1 fully saturated rings. The van der Waals surface area contributed by atoms with E-state index in [1.165, 1.54) is 12.1 Å². The van der Waals surface area contributed by atoms with Crippen LogP contribution < -0.4 is 20.1 Å². The Kier molecular flexibility index (Phi) is 6.20. The molecule has 1 atom stereocenters. The van der Waals surface area contributed by atoms with Crippen LogP contribution in [0.2, 0.25) is 0 Å². The van der Waals surface area contributed by atoms with Crippen LogP contribution in [0.4, 0.5) is 11.4 Å². The van der Waals surface area contributed by atoms with Crippen molar-refractivity contribution in [3.63, 3.8) is 0 Å². The first-order valence-corrected chi connectivity index (χ1v) is 8.83. The van der Waals surface area contributed by atoms with Gasteiger partial charge in [0.2, 0.25) is 12.7 Å². The number of benzene rings is 1. The second-order valence-electron chi connectivity index (χ2n) is 6.61. The molecule has 2 aromatic rings. The third kappa shape index (κ3) is 4.26. The number of carbonyl (C=O) groups is 1. The van der Waals surface area contributed by atoms with Gasteiger partial charge in [-0.25, -0.2) is 4.98 Å². The number of ether oxygens (including phenoxy) is 2. The minimum Gasteiger partial charge on any atom is -0.454 e. The summed E-state index contributed by atoms with van der Waals surface area (Å²) >= 11 is 0. The number of hydrogen-bond donors (Lipinski definition) is 2. The van der Waals surface area contributed by atoms with Gasteiger partial charge in [-0.15, -0.1) is 12.4 Å². The summed E-state index contributed by atoms with van der Waals surface area (Å²) in [6.45, 7) is 2.16. The SMILES string of the molecule is Cl.Cn1ccnc1C1CNCCN1CC(=O)Nc1cc2c(cc1[N+](=O)[O-])OCO2. The number of hydrogen-bond acceptors (Lipinski definition) is 8. The number of nitrogens with zero attached hydrogens (tertiary/aromatic N) is 4. The molecule has 1 aromatic carbocycles. The molecule has 2 N–H and O–H groups in total. The lowest BCUT2D eigenvalue weighted by atomic mass is 10.1. The topological polar surface area (TPSA) is 124 Å². The number of carbonyl (C=O) groups excluding carboxylic acids is 1. The van der Waals surface area contributed by atoms with E-state index in [0.29, 0.717) is 24.6 Å². The number of nitro benzene ring substituents is 1. The molecule has 156 valence electrons. The maximum atomic E-state index is 12.7. The molecular formula is C17H21ClN6O5. The van der Waals surface area contributed by atoms with Gasteiger partial charge in [-0.05, 0) is 0 Å². The standard InChI is InChI=1S/C17H20N6O5.ClH/c1-21-4-3-19-17(21)13-8-18-2-5-22(13)9-16(24)20-11-6-14-15(28-10-27-14)7-12(11)23(25)26;/h3-4,6-7,13,18H,2,5,8-10H2,1H3,(H,20,24);1H. The first kappa shape index (κ1) is 20.8. The molecule has 0 spiro atoms. The molecule has 1 amide bonds. The van der Waals surface area contributed by atoms with Gasteiger partial charge in [0.1, 0.15) is 11.5 Å². The van der Waals surface area contributed by atoms with Gasteiger partial charge in [0.05, 0.1) is 23.6 Å². The van der Waals surface area contributed by atoms with Crippen LogP contribution in [0.1, 0.15) is 11.9 Å². The van der Waals surface area contributed by atoms with Crippen molar-refractivity contribution in [2.45, 2.75) is 6.04 Å². The number of anilines is 1. The van der Waals surface area contributed by atoms with Crippen LogP contribution in [-0.4, -0.2) is 58.3 Å². The maximum absolute atomic E-state index is 12.7. The minimum atomic E-state index is -0.556. The predicted octanol–water partition coefficient (Wildman–Crippen LogP) is 1.06. The number of aryl methyl sites for hydroxylation is 1. The van der Waals surface area contributed by atoms with E-state index in [-0.39, 0.29) is 49.1 Å². The number of aromatic nitrogens is 2. The molecule has 1 saturated heterocycles. The van der Waals surface area contributed by atoms with E-state index in [1.54, 1.807) is 6.20 Å². The van der Waals surface area contributed by atoms with Gasteiger partial charge >= 0.3 is 0 Å². The summed E-state index contributed by atoms with van der Waals surface area (Å²) in [5.74, 6) is 1.17. The van der Waals surface area contributed by atoms with E-state index in [2.05, 4.69) is 15.6 Å². The summed E-state index contributed by atoms with van der Waals surface area (Å²) in [6.07, 6.45) is 3.58. The van der Waals surface area contributed by atoms with Crippen molar-refractivity contribution in [2.75, 3.05) is 38.3 Å². The van der Waals surface area contributed by atoms with Gasteiger partial charge < -0.3 is 24.7 Å². The molecule has 12 heteroatoms. The summed E-state index contributed by atoms with van der Waals surface area (Å²) in [4.78, 5) is 29.9.